The molecule has 3 rings (SSSR count). The van der Waals surface area contributed by atoms with Crippen molar-refractivity contribution < 1.29 is 14.6 Å². The minimum atomic E-state index is -0.644. The second-order valence-electron chi connectivity index (χ2n) is 6.77. The van der Waals surface area contributed by atoms with Gasteiger partial charge in [-0.15, -0.1) is 0 Å². The van der Waals surface area contributed by atoms with Crippen molar-refractivity contribution in [3.8, 4) is 5.75 Å². The first-order valence-corrected chi connectivity index (χ1v) is 9.30. The molecule has 0 saturated carbocycles. The van der Waals surface area contributed by atoms with Crippen molar-refractivity contribution >= 4 is 17.1 Å². The molecule has 0 amide bonds. The molecule has 1 heterocycles. The lowest BCUT2D eigenvalue weighted by atomic mass is 10.1. The fourth-order valence-electron chi connectivity index (χ4n) is 3.29. The molecular weight excluding hydrogens is 378 g/mol. The van der Waals surface area contributed by atoms with Gasteiger partial charge in [-0.25, -0.2) is 5.01 Å². The molecule has 1 unspecified atom stereocenters. The molecule has 0 aromatic heterocycles. The maximum atomic E-state index is 11.5. The highest BCUT2D eigenvalue weighted by Crippen LogP contribution is 2.30. The Morgan fingerprint density at radius 1 is 1.14 bits per heavy atom. The van der Waals surface area contributed by atoms with E-state index in [9.17, 15) is 20.2 Å². The zero-order valence-corrected chi connectivity index (χ0v) is 16.0. The Labute approximate surface area is 167 Å². The van der Waals surface area contributed by atoms with Gasteiger partial charge in [-0.2, -0.15) is 0 Å². The highest BCUT2D eigenvalue weighted by atomic mass is 16.6. The Morgan fingerprint density at radius 3 is 2.48 bits per heavy atom. The van der Waals surface area contributed by atoms with E-state index in [1.54, 1.807) is 7.11 Å². The number of hydrazine groups is 1. The second-order valence-corrected chi connectivity index (χ2v) is 6.77. The molecule has 0 spiro atoms. The average Bonchev–Trinajstić information content (AvgIpc) is 2.74. The van der Waals surface area contributed by atoms with Crippen LogP contribution in [0.25, 0.3) is 0 Å². The summed E-state index contributed by atoms with van der Waals surface area (Å²) in [5.74, 6) is 0.745. The van der Waals surface area contributed by atoms with Crippen molar-refractivity contribution in [3.63, 3.8) is 0 Å². The van der Waals surface area contributed by atoms with Crippen LogP contribution in [0.4, 0.5) is 17.1 Å². The first-order valence-electron chi connectivity index (χ1n) is 9.30. The monoisotopic (exact) mass is 401 g/mol. The van der Waals surface area contributed by atoms with E-state index in [0.29, 0.717) is 6.54 Å². The van der Waals surface area contributed by atoms with Crippen LogP contribution in [-0.2, 0) is 6.54 Å². The third kappa shape index (κ3) is 5.18. The number of ether oxygens (including phenoxy) is 1. The van der Waals surface area contributed by atoms with Gasteiger partial charge in [-0.3, -0.25) is 20.2 Å². The van der Waals surface area contributed by atoms with E-state index < -0.39 is 9.85 Å². The van der Waals surface area contributed by atoms with Gasteiger partial charge in [0.15, 0.2) is 0 Å². The van der Waals surface area contributed by atoms with Crippen LogP contribution in [0.5, 0.6) is 5.75 Å². The van der Waals surface area contributed by atoms with Gasteiger partial charge >= 0.3 is 5.69 Å². The Morgan fingerprint density at radius 2 is 1.90 bits per heavy atom. The summed E-state index contributed by atoms with van der Waals surface area (Å²) in [5.41, 5.74) is 3.66. The number of hydrogen-bond acceptors (Lipinski definition) is 8. The fourth-order valence-corrected chi connectivity index (χ4v) is 3.29. The quantitative estimate of drug-likeness (QED) is 0.509. The summed E-state index contributed by atoms with van der Waals surface area (Å²) in [5, 5.41) is 27.8. The van der Waals surface area contributed by atoms with E-state index in [-0.39, 0.29) is 23.2 Å². The lowest BCUT2D eigenvalue weighted by Crippen LogP contribution is -2.50. The van der Waals surface area contributed by atoms with E-state index in [1.165, 1.54) is 12.1 Å². The average molecular weight is 401 g/mol. The minimum Gasteiger partial charge on any atom is -0.497 e. The molecule has 10 nitrogen and oxygen atoms in total. The zero-order valence-electron chi connectivity index (χ0n) is 16.0. The van der Waals surface area contributed by atoms with Crippen LogP contribution in [0.1, 0.15) is 24.8 Å². The Kier molecular flexibility index (Phi) is 6.57. The Bertz CT molecular complexity index is 868. The van der Waals surface area contributed by atoms with Gasteiger partial charge in [0, 0.05) is 12.6 Å². The zero-order chi connectivity index (χ0) is 20.8. The van der Waals surface area contributed by atoms with E-state index in [4.69, 9.17) is 4.74 Å². The molecule has 29 heavy (non-hydrogen) atoms. The van der Waals surface area contributed by atoms with Crippen LogP contribution < -0.4 is 15.5 Å². The van der Waals surface area contributed by atoms with Gasteiger partial charge in [-0.05, 0) is 49.6 Å². The summed E-state index contributed by atoms with van der Waals surface area (Å²) >= 11 is 0. The molecule has 2 aromatic rings. The number of nitro benzene ring substituents is 2. The van der Waals surface area contributed by atoms with Crippen molar-refractivity contribution in [3.05, 3.63) is 68.3 Å². The largest absolute Gasteiger partial charge is 0.497 e. The van der Waals surface area contributed by atoms with Crippen molar-refractivity contribution in [2.45, 2.75) is 32.0 Å². The highest BCUT2D eigenvalue weighted by molar-refractivity contribution is 5.64. The molecule has 2 aromatic carbocycles. The number of nitrogens with zero attached hydrogens (tertiary/aromatic N) is 3. The van der Waals surface area contributed by atoms with Crippen LogP contribution in [-0.4, -0.2) is 34.7 Å². The molecule has 10 heteroatoms. The number of non-ortho nitro benzene ring substituents is 1. The lowest BCUT2D eigenvalue weighted by Gasteiger charge is -2.35. The number of nitrogens with one attached hydrogen (secondary N) is 2. The number of nitro groups is 2. The van der Waals surface area contributed by atoms with E-state index >= 15 is 0 Å². The summed E-state index contributed by atoms with van der Waals surface area (Å²) in [6.45, 7) is 1.34. The van der Waals surface area contributed by atoms with Crippen molar-refractivity contribution in [1.29, 1.82) is 0 Å². The van der Waals surface area contributed by atoms with Gasteiger partial charge in [0.05, 0.1) is 29.2 Å². The normalized spacial score (nSPS) is 16.4. The summed E-state index contributed by atoms with van der Waals surface area (Å²) < 4.78 is 5.19. The first kappa shape index (κ1) is 20.5. The Balaban J connectivity index is 1.87. The predicted molar refractivity (Wildman–Crippen MR) is 108 cm³/mol. The number of hydrogen-bond donors (Lipinski definition) is 2. The number of methoxy groups -OCH3 is 1. The summed E-state index contributed by atoms with van der Waals surface area (Å²) in [7, 11) is 1.60. The lowest BCUT2D eigenvalue weighted by molar-refractivity contribution is -0.393. The summed E-state index contributed by atoms with van der Waals surface area (Å²) in [4.78, 5) is 21.2. The van der Waals surface area contributed by atoms with Crippen LogP contribution in [0.2, 0.25) is 0 Å². The van der Waals surface area contributed by atoms with Crippen molar-refractivity contribution in [2.24, 2.45) is 0 Å². The summed E-state index contributed by atoms with van der Waals surface area (Å²) in [6, 6.07) is 11.2. The molecular formula is C19H23N5O5. The van der Waals surface area contributed by atoms with Gasteiger partial charge < -0.3 is 15.5 Å². The third-order valence-corrected chi connectivity index (χ3v) is 4.83. The predicted octanol–water partition coefficient (Wildman–Crippen LogP) is 3.44. The van der Waals surface area contributed by atoms with Crippen molar-refractivity contribution in [2.75, 3.05) is 19.1 Å². The molecule has 1 fully saturated rings. The van der Waals surface area contributed by atoms with Crippen molar-refractivity contribution in [1.82, 2.24) is 10.3 Å². The maximum absolute atomic E-state index is 11.5. The molecule has 0 radical (unpaired) electrons. The molecule has 0 bridgehead atoms. The van der Waals surface area contributed by atoms with E-state index in [2.05, 4.69) is 10.7 Å². The van der Waals surface area contributed by atoms with Gasteiger partial charge in [0.25, 0.3) is 5.69 Å². The molecule has 0 aliphatic carbocycles. The minimum absolute atomic E-state index is 0.0272. The molecule has 1 aliphatic heterocycles. The smallest absolute Gasteiger partial charge is 0.300 e. The molecule has 154 valence electrons. The number of anilines is 1. The summed E-state index contributed by atoms with van der Waals surface area (Å²) in [6.07, 6.45) is 2.97. The van der Waals surface area contributed by atoms with Crippen LogP contribution in [0.3, 0.4) is 0 Å². The second kappa shape index (κ2) is 9.30. The number of piperidine rings is 1. The Hall–Kier alpha value is -3.24. The van der Waals surface area contributed by atoms with Gasteiger partial charge in [0.2, 0.25) is 0 Å². The molecule has 1 atom stereocenters. The SMILES string of the molecule is COc1ccc(CN(Nc2ccc([N+](=O)[O-])cc2[N+](=O)[O-])C2CCCCN2)cc1. The number of benzene rings is 2. The highest BCUT2D eigenvalue weighted by Gasteiger charge is 2.25. The first-order chi connectivity index (χ1) is 14.0. The number of rotatable bonds is 8. The van der Waals surface area contributed by atoms with Crippen LogP contribution >= 0.6 is 0 Å². The maximum Gasteiger partial charge on any atom is 0.300 e. The van der Waals surface area contributed by atoms with E-state index in [1.807, 2.05) is 29.3 Å². The van der Waals surface area contributed by atoms with Gasteiger partial charge in [-0.1, -0.05) is 12.1 Å². The standard InChI is InChI=1S/C19H23N5O5/c1-29-16-8-5-14(6-9-16)13-22(19-4-2-3-11-20-19)21-17-10-7-15(23(25)26)12-18(17)24(27)28/h5-10,12,19-21H,2-4,11,13H2,1H3. The third-order valence-electron chi connectivity index (χ3n) is 4.83. The molecule has 2 N–H and O–H groups in total. The van der Waals surface area contributed by atoms with Gasteiger partial charge in [0.1, 0.15) is 11.4 Å². The fraction of sp³-hybridized carbons (Fsp3) is 0.368. The van der Waals surface area contributed by atoms with Crippen LogP contribution in [0.15, 0.2) is 42.5 Å². The van der Waals surface area contributed by atoms with E-state index in [0.717, 1.165) is 43.2 Å². The molecule has 1 saturated heterocycles. The molecule has 1 aliphatic rings. The van der Waals surface area contributed by atoms with Crippen LogP contribution in [0, 0.1) is 20.2 Å². The topological polar surface area (TPSA) is 123 Å².